The van der Waals surface area contributed by atoms with E-state index in [0.29, 0.717) is 27.2 Å². The van der Waals surface area contributed by atoms with Gasteiger partial charge in [0.05, 0.1) is 24.2 Å². The molecule has 4 aromatic rings. The summed E-state index contributed by atoms with van der Waals surface area (Å²) in [5, 5.41) is 13.3. The molecule has 0 aliphatic carbocycles. The quantitative estimate of drug-likeness (QED) is 0.242. The standard InChI is InChI=1S/C27H25Cl2N3O6/c1-15(33)25(27(35)36-2)32-26(34)16-8-10-22(38-14-24-30-20-5-3-4-6-21(20)31-24)23(11-16)37-13-17-7-9-18(28)12-19(17)29/h3-12,15,25,33H,13-14H2,1-2H3,(H,30,31)(H,32,34). The first-order valence-corrected chi connectivity index (χ1v) is 12.3. The number of esters is 1. The van der Waals surface area contributed by atoms with Crippen LogP contribution in [0, 0.1) is 0 Å². The summed E-state index contributed by atoms with van der Waals surface area (Å²) in [6.07, 6.45) is -1.17. The van der Waals surface area contributed by atoms with Gasteiger partial charge in [0.25, 0.3) is 5.91 Å². The first-order valence-electron chi connectivity index (χ1n) is 11.6. The molecule has 0 saturated carbocycles. The number of aromatic amines is 1. The highest BCUT2D eigenvalue weighted by atomic mass is 35.5. The van der Waals surface area contributed by atoms with Gasteiger partial charge in [-0.1, -0.05) is 41.4 Å². The monoisotopic (exact) mass is 557 g/mol. The molecule has 1 aromatic heterocycles. The van der Waals surface area contributed by atoms with Crippen LogP contribution in [0.2, 0.25) is 10.0 Å². The number of nitrogens with one attached hydrogen (secondary N) is 2. The van der Waals surface area contributed by atoms with Crippen LogP contribution in [0.5, 0.6) is 11.5 Å². The highest BCUT2D eigenvalue weighted by molar-refractivity contribution is 6.35. The largest absolute Gasteiger partial charge is 0.485 e. The Morgan fingerprint density at radius 3 is 2.50 bits per heavy atom. The second-order valence-corrected chi connectivity index (χ2v) is 9.23. The van der Waals surface area contributed by atoms with E-state index >= 15 is 0 Å². The fraction of sp³-hybridized carbons (Fsp3) is 0.222. The molecule has 3 N–H and O–H groups in total. The van der Waals surface area contributed by atoms with E-state index in [1.165, 1.54) is 26.2 Å². The van der Waals surface area contributed by atoms with Crippen molar-refractivity contribution in [3.63, 3.8) is 0 Å². The van der Waals surface area contributed by atoms with E-state index in [4.69, 9.17) is 32.7 Å². The number of nitrogens with zero attached hydrogens (tertiary/aromatic N) is 1. The predicted molar refractivity (Wildman–Crippen MR) is 143 cm³/mol. The zero-order chi connectivity index (χ0) is 27.2. The highest BCUT2D eigenvalue weighted by Crippen LogP contribution is 2.31. The zero-order valence-corrected chi connectivity index (χ0v) is 22.0. The number of carbonyl (C=O) groups excluding carboxylic acids is 2. The van der Waals surface area contributed by atoms with Crippen molar-refractivity contribution in [1.29, 1.82) is 0 Å². The van der Waals surface area contributed by atoms with Gasteiger partial charge >= 0.3 is 5.97 Å². The normalized spacial score (nSPS) is 12.6. The first-order chi connectivity index (χ1) is 18.2. The van der Waals surface area contributed by atoms with Gasteiger partial charge < -0.3 is 29.6 Å². The summed E-state index contributed by atoms with van der Waals surface area (Å²) in [7, 11) is 1.17. The van der Waals surface area contributed by atoms with Crippen LogP contribution in [0.15, 0.2) is 60.7 Å². The van der Waals surface area contributed by atoms with E-state index in [-0.39, 0.29) is 24.5 Å². The van der Waals surface area contributed by atoms with Crippen molar-refractivity contribution in [1.82, 2.24) is 15.3 Å². The van der Waals surface area contributed by atoms with Gasteiger partial charge in [0.1, 0.15) is 19.0 Å². The van der Waals surface area contributed by atoms with Crippen molar-refractivity contribution >= 4 is 46.1 Å². The number of amides is 1. The summed E-state index contributed by atoms with van der Waals surface area (Å²) in [4.78, 5) is 32.6. The minimum atomic E-state index is -1.24. The molecule has 2 unspecified atom stereocenters. The summed E-state index contributed by atoms with van der Waals surface area (Å²) in [5.74, 6) is -0.163. The molecule has 0 aliphatic heterocycles. The average molecular weight is 558 g/mol. The number of benzene rings is 3. The number of hydrogen-bond donors (Lipinski definition) is 3. The fourth-order valence-corrected chi connectivity index (χ4v) is 4.09. The molecule has 0 radical (unpaired) electrons. The Bertz CT molecular complexity index is 1420. The van der Waals surface area contributed by atoms with Crippen LogP contribution in [0.1, 0.15) is 28.7 Å². The van der Waals surface area contributed by atoms with Crippen molar-refractivity contribution in [2.75, 3.05) is 7.11 Å². The number of aliphatic hydroxyl groups excluding tert-OH is 1. The zero-order valence-electron chi connectivity index (χ0n) is 20.5. The van der Waals surface area contributed by atoms with Crippen LogP contribution in [-0.4, -0.2) is 46.2 Å². The van der Waals surface area contributed by atoms with Gasteiger partial charge in [-0.2, -0.15) is 0 Å². The van der Waals surface area contributed by atoms with Crippen LogP contribution in [-0.2, 0) is 22.7 Å². The SMILES string of the molecule is COC(=O)C(NC(=O)c1ccc(OCc2nc3ccccc3[nH]2)c(OCc2ccc(Cl)cc2Cl)c1)C(C)O. The minimum Gasteiger partial charge on any atom is -0.485 e. The van der Waals surface area contributed by atoms with E-state index in [1.807, 2.05) is 24.3 Å². The lowest BCUT2D eigenvalue weighted by molar-refractivity contribution is -0.145. The lowest BCUT2D eigenvalue weighted by atomic mass is 10.1. The van der Waals surface area contributed by atoms with Gasteiger partial charge in [0.15, 0.2) is 17.5 Å². The Kier molecular flexibility index (Phi) is 8.73. The molecular weight excluding hydrogens is 533 g/mol. The summed E-state index contributed by atoms with van der Waals surface area (Å²) < 4.78 is 16.6. The van der Waals surface area contributed by atoms with Crippen molar-refractivity contribution in [2.24, 2.45) is 0 Å². The summed E-state index contributed by atoms with van der Waals surface area (Å²) in [5.41, 5.74) is 2.54. The molecule has 198 valence electrons. The van der Waals surface area contributed by atoms with E-state index in [2.05, 4.69) is 20.0 Å². The maximum atomic E-state index is 12.9. The molecule has 0 fully saturated rings. The van der Waals surface area contributed by atoms with E-state index in [9.17, 15) is 14.7 Å². The molecule has 38 heavy (non-hydrogen) atoms. The molecule has 2 atom stereocenters. The number of methoxy groups -OCH3 is 1. The predicted octanol–water partition coefficient (Wildman–Crippen LogP) is 4.68. The van der Waals surface area contributed by atoms with E-state index < -0.39 is 24.0 Å². The molecular formula is C27H25Cl2N3O6. The van der Waals surface area contributed by atoms with Crippen molar-refractivity contribution in [3.05, 3.63) is 87.7 Å². The third-order valence-corrected chi connectivity index (χ3v) is 6.22. The number of para-hydroxylation sites is 2. The van der Waals surface area contributed by atoms with Crippen LogP contribution in [0.4, 0.5) is 0 Å². The number of imidazole rings is 1. The summed E-state index contributed by atoms with van der Waals surface area (Å²) in [6, 6.07) is 16.0. The second kappa shape index (κ2) is 12.2. The number of carbonyl (C=O) groups is 2. The summed E-state index contributed by atoms with van der Waals surface area (Å²) >= 11 is 12.3. The second-order valence-electron chi connectivity index (χ2n) is 8.39. The third kappa shape index (κ3) is 6.55. The molecule has 9 nitrogen and oxygen atoms in total. The Morgan fingerprint density at radius 1 is 1.03 bits per heavy atom. The fourth-order valence-electron chi connectivity index (χ4n) is 3.62. The molecule has 3 aromatic carbocycles. The number of aromatic nitrogens is 2. The van der Waals surface area contributed by atoms with Crippen LogP contribution < -0.4 is 14.8 Å². The Labute approximate surface area is 228 Å². The molecule has 1 amide bonds. The Balaban J connectivity index is 1.57. The molecule has 1 heterocycles. The smallest absolute Gasteiger partial charge is 0.331 e. The number of hydrogen-bond acceptors (Lipinski definition) is 7. The number of ether oxygens (including phenoxy) is 3. The van der Waals surface area contributed by atoms with Gasteiger partial charge in [-0.25, -0.2) is 9.78 Å². The van der Waals surface area contributed by atoms with Gasteiger partial charge in [-0.15, -0.1) is 0 Å². The maximum Gasteiger partial charge on any atom is 0.331 e. The van der Waals surface area contributed by atoms with E-state index in [0.717, 1.165) is 11.0 Å². The van der Waals surface area contributed by atoms with Gasteiger partial charge in [-0.3, -0.25) is 4.79 Å². The first kappa shape index (κ1) is 27.3. The van der Waals surface area contributed by atoms with Crippen LogP contribution in [0.25, 0.3) is 11.0 Å². The van der Waals surface area contributed by atoms with Gasteiger partial charge in [0.2, 0.25) is 0 Å². The topological polar surface area (TPSA) is 123 Å². The molecule has 11 heteroatoms. The number of halogens is 2. The van der Waals surface area contributed by atoms with E-state index in [1.54, 1.807) is 24.3 Å². The molecule has 0 bridgehead atoms. The summed E-state index contributed by atoms with van der Waals surface area (Å²) in [6.45, 7) is 1.56. The van der Waals surface area contributed by atoms with Crippen LogP contribution >= 0.6 is 23.2 Å². The number of fused-ring (bicyclic) bond motifs is 1. The molecule has 4 rings (SSSR count). The number of rotatable bonds is 10. The molecule has 0 aliphatic rings. The number of aliphatic hydroxyl groups is 1. The molecule has 0 spiro atoms. The van der Waals surface area contributed by atoms with Gasteiger partial charge in [-0.05, 0) is 49.4 Å². The van der Waals surface area contributed by atoms with Crippen molar-refractivity contribution in [2.45, 2.75) is 32.3 Å². The average Bonchev–Trinajstić information content (AvgIpc) is 3.32. The van der Waals surface area contributed by atoms with Crippen molar-refractivity contribution < 1.29 is 28.9 Å². The highest BCUT2D eigenvalue weighted by Gasteiger charge is 2.27. The van der Waals surface area contributed by atoms with Crippen LogP contribution in [0.3, 0.4) is 0 Å². The maximum absolute atomic E-state index is 12.9. The lowest BCUT2D eigenvalue weighted by Crippen LogP contribution is -2.48. The number of H-pyrrole nitrogens is 1. The minimum absolute atomic E-state index is 0.0700. The lowest BCUT2D eigenvalue weighted by Gasteiger charge is -2.19. The third-order valence-electron chi connectivity index (χ3n) is 5.63. The molecule has 0 saturated heterocycles. The Morgan fingerprint density at radius 2 is 1.79 bits per heavy atom. The van der Waals surface area contributed by atoms with Crippen molar-refractivity contribution in [3.8, 4) is 11.5 Å². The Hall–Kier alpha value is -3.79. The van der Waals surface area contributed by atoms with Gasteiger partial charge in [0, 0.05) is 21.2 Å².